The molecule has 0 amide bonds. The van der Waals surface area contributed by atoms with Gasteiger partial charge in [-0.1, -0.05) is 97.1 Å². The van der Waals surface area contributed by atoms with Crippen molar-refractivity contribution in [2.24, 2.45) is 4.99 Å². The monoisotopic (exact) mass is 613 g/mol. The summed E-state index contributed by atoms with van der Waals surface area (Å²) in [5, 5.41) is 7.52. The number of hydrogen-bond acceptors (Lipinski definition) is 1. The van der Waals surface area contributed by atoms with Crippen molar-refractivity contribution in [1.82, 2.24) is 9.13 Å². The number of fused-ring (bicyclic) bond motifs is 10. The second-order valence-corrected chi connectivity index (χ2v) is 13.0. The minimum absolute atomic E-state index is 0.0759. The highest BCUT2D eigenvalue weighted by molar-refractivity contribution is 6.22. The summed E-state index contributed by atoms with van der Waals surface area (Å²) in [7, 11) is 0. The Morgan fingerprint density at radius 2 is 1.21 bits per heavy atom. The van der Waals surface area contributed by atoms with Crippen LogP contribution in [0.15, 0.2) is 163 Å². The van der Waals surface area contributed by atoms with Gasteiger partial charge in [0, 0.05) is 38.9 Å². The fourth-order valence-electron chi connectivity index (χ4n) is 8.33. The van der Waals surface area contributed by atoms with Crippen LogP contribution in [0.3, 0.4) is 0 Å². The van der Waals surface area contributed by atoms with E-state index >= 15 is 0 Å². The summed E-state index contributed by atoms with van der Waals surface area (Å²) in [6, 6.07) is 57.3. The van der Waals surface area contributed by atoms with E-state index in [1.807, 2.05) is 0 Å². The maximum atomic E-state index is 5.43. The number of aliphatic imine (C=N–C) groups is 1. The van der Waals surface area contributed by atoms with Gasteiger partial charge in [-0.05, 0) is 76.9 Å². The maximum Gasteiger partial charge on any atom is 0.178 e. The second-order valence-electron chi connectivity index (χ2n) is 13.0. The van der Waals surface area contributed by atoms with Crippen LogP contribution in [0.4, 0.5) is 11.4 Å². The summed E-state index contributed by atoms with van der Waals surface area (Å²) in [5.74, 6) is 1.09. The third-order valence-corrected chi connectivity index (χ3v) is 10.4. The van der Waals surface area contributed by atoms with Crippen molar-refractivity contribution in [3.63, 3.8) is 0 Å². The molecule has 2 aliphatic rings. The summed E-state index contributed by atoms with van der Waals surface area (Å²) in [6.45, 7) is 0. The number of nitrogens with zero attached hydrogens (tertiary/aromatic N) is 3. The Bertz CT molecular complexity index is 2800. The molecule has 0 saturated heterocycles. The number of quaternary nitrogens is 1. The summed E-state index contributed by atoms with van der Waals surface area (Å²) in [4.78, 5) is 5.43. The highest BCUT2D eigenvalue weighted by atomic mass is 15.2. The van der Waals surface area contributed by atoms with Gasteiger partial charge in [0.25, 0.3) is 0 Å². The van der Waals surface area contributed by atoms with E-state index in [0.29, 0.717) is 0 Å². The molecule has 2 aliphatic heterocycles. The quantitative estimate of drug-likeness (QED) is 0.193. The van der Waals surface area contributed by atoms with Crippen LogP contribution in [0, 0.1) is 0 Å². The first-order valence-corrected chi connectivity index (χ1v) is 16.6. The lowest BCUT2D eigenvalue weighted by atomic mass is 9.93. The lowest BCUT2D eigenvalue weighted by molar-refractivity contribution is -0.599. The van der Waals surface area contributed by atoms with Crippen molar-refractivity contribution in [1.29, 1.82) is 0 Å². The first kappa shape index (κ1) is 25.9. The molecular formula is C44H29N4+. The van der Waals surface area contributed by atoms with E-state index < -0.39 is 0 Å². The van der Waals surface area contributed by atoms with Crippen molar-refractivity contribution >= 4 is 60.8 Å². The van der Waals surface area contributed by atoms with Gasteiger partial charge in [0.2, 0.25) is 0 Å². The van der Waals surface area contributed by atoms with E-state index in [1.54, 1.807) is 0 Å². The zero-order chi connectivity index (χ0) is 31.3. The summed E-state index contributed by atoms with van der Waals surface area (Å²) in [6.07, 6.45) is 0. The maximum absolute atomic E-state index is 5.43. The minimum atomic E-state index is 0.0759. The third-order valence-electron chi connectivity index (χ3n) is 10.4. The smallest absolute Gasteiger partial charge is 0.178 e. The van der Waals surface area contributed by atoms with Crippen LogP contribution in [0.25, 0.3) is 71.6 Å². The molecule has 1 unspecified atom stereocenters. The van der Waals surface area contributed by atoms with Crippen LogP contribution in [0.1, 0.15) is 11.6 Å². The van der Waals surface area contributed by atoms with Gasteiger partial charge in [-0.3, -0.25) is 9.88 Å². The zero-order valence-corrected chi connectivity index (χ0v) is 26.0. The van der Waals surface area contributed by atoms with Crippen molar-refractivity contribution < 1.29 is 5.32 Å². The Labute approximate surface area is 276 Å². The topological polar surface area (TPSA) is 38.8 Å². The van der Waals surface area contributed by atoms with E-state index in [0.717, 1.165) is 11.5 Å². The summed E-state index contributed by atoms with van der Waals surface area (Å²) >= 11 is 0. The first-order chi connectivity index (χ1) is 23.8. The van der Waals surface area contributed by atoms with Gasteiger partial charge in [-0.2, -0.15) is 0 Å². The number of hydrogen-bond donors (Lipinski definition) is 1. The van der Waals surface area contributed by atoms with Crippen LogP contribution in [0.2, 0.25) is 0 Å². The van der Waals surface area contributed by atoms with E-state index in [1.165, 1.54) is 82.8 Å². The number of para-hydroxylation sites is 3. The molecule has 2 N–H and O–H groups in total. The van der Waals surface area contributed by atoms with Gasteiger partial charge in [-0.25, -0.2) is 4.99 Å². The average Bonchev–Trinajstić information content (AvgIpc) is 3.79. The molecule has 224 valence electrons. The molecule has 0 saturated carbocycles. The SMILES string of the molecule is c1ccc(-c2ccc3c(c2)N=C2C([NH2+]3)c3cc(-c4cccc5c4c4ccccc4n5-c4ccccc4)cc4c5ccccc5n2c34)cc1. The molecule has 9 aromatic rings. The fourth-order valence-corrected chi connectivity index (χ4v) is 8.33. The minimum Gasteiger partial charge on any atom is -0.309 e. The molecule has 11 rings (SSSR count). The molecule has 0 bridgehead atoms. The molecular weight excluding hydrogens is 585 g/mol. The van der Waals surface area contributed by atoms with Crippen LogP contribution < -0.4 is 5.32 Å². The first-order valence-electron chi connectivity index (χ1n) is 16.6. The molecule has 0 spiro atoms. The van der Waals surface area contributed by atoms with Gasteiger partial charge in [0.15, 0.2) is 17.6 Å². The van der Waals surface area contributed by atoms with E-state index in [4.69, 9.17) is 4.99 Å². The van der Waals surface area contributed by atoms with E-state index in [-0.39, 0.29) is 6.04 Å². The van der Waals surface area contributed by atoms with Crippen LogP contribution in [0.5, 0.6) is 0 Å². The van der Waals surface area contributed by atoms with Gasteiger partial charge in [-0.15, -0.1) is 0 Å². The van der Waals surface area contributed by atoms with Gasteiger partial charge in [0.1, 0.15) is 5.69 Å². The van der Waals surface area contributed by atoms with Crippen molar-refractivity contribution in [2.45, 2.75) is 6.04 Å². The van der Waals surface area contributed by atoms with Crippen LogP contribution >= 0.6 is 0 Å². The normalized spacial score (nSPS) is 14.9. The Kier molecular flexibility index (Phi) is 5.20. The molecule has 48 heavy (non-hydrogen) atoms. The lowest BCUT2D eigenvalue weighted by Crippen LogP contribution is -2.81. The van der Waals surface area contributed by atoms with Crippen LogP contribution in [-0.2, 0) is 0 Å². The number of nitrogens with two attached hydrogens (primary N) is 1. The Balaban J connectivity index is 1.16. The summed E-state index contributed by atoms with van der Waals surface area (Å²) < 4.78 is 4.82. The molecule has 0 fully saturated rings. The van der Waals surface area contributed by atoms with E-state index in [2.05, 4.69) is 172 Å². The fraction of sp³-hybridized carbons (Fsp3) is 0.0227. The Morgan fingerprint density at radius 1 is 0.500 bits per heavy atom. The lowest BCUT2D eigenvalue weighted by Gasteiger charge is -2.20. The standard InChI is InChI=1S/C44H28N4/c1-3-12-27(13-4-1)28-22-23-36-37(26-28)46-44-42(45-36)35-25-29(24-34-32-16-7-9-19-38(32)48(44)43(34)35)31-18-11-21-40-41(31)33-17-8-10-20-39(33)47(40)30-14-5-2-6-15-30/h1-26,42,45H/p+1. The molecule has 4 heteroatoms. The zero-order valence-electron chi connectivity index (χ0n) is 26.0. The van der Waals surface area contributed by atoms with Crippen molar-refractivity contribution in [3.8, 4) is 27.9 Å². The Morgan fingerprint density at radius 3 is 2.04 bits per heavy atom. The Hall–Kier alpha value is -6.23. The van der Waals surface area contributed by atoms with Gasteiger partial charge >= 0.3 is 0 Å². The van der Waals surface area contributed by atoms with Crippen molar-refractivity contribution in [2.75, 3.05) is 0 Å². The highest BCUT2D eigenvalue weighted by Gasteiger charge is 2.40. The molecule has 0 radical (unpaired) electrons. The van der Waals surface area contributed by atoms with Crippen LogP contribution in [-0.4, -0.2) is 15.0 Å². The number of benzene rings is 7. The molecule has 4 nitrogen and oxygen atoms in total. The van der Waals surface area contributed by atoms with Gasteiger partial charge < -0.3 is 4.57 Å². The predicted molar refractivity (Wildman–Crippen MR) is 198 cm³/mol. The molecule has 2 aromatic heterocycles. The molecule has 1 atom stereocenters. The highest BCUT2D eigenvalue weighted by Crippen LogP contribution is 2.46. The van der Waals surface area contributed by atoms with Gasteiger partial charge in [0.05, 0.1) is 22.1 Å². The summed E-state index contributed by atoms with van der Waals surface area (Å²) in [5.41, 5.74) is 14.5. The largest absolute Gasteiger partial charge is 0.309 e. The second kappa shape index (κ2) is 9.64. The predicted octanol–water partition coefficient (Wildman–Crippen LogP) is 10.1. The molecule has 4 heterocycles. The van der Waals surface area contributed by atoms with E-state index in [9.17, 15) is 0 Å². The average molecular weight is 614 g/mol. The number of rotatable bonds is 3. The van der Waals surface area contributed by atoms with Crippen molar-refractivity contribution in [3.05, 3.63) is 163 Å². The molecule has 7 aromatic carbocycles. The number of aromatic nitrogens is 2. The third kappa shape index (κ3) is 3.50. The molecule has 0 aliphatic carbocycles.